The van der Waals surface area contributed by atoms with Crippen molar-refractivity contribution in [3.8, 4) is 0 Å². The smallest absolute Gasteiger partial charge is 0.231 e. The number of nitroso groups, excluding NO2 is 1. The SMILES string of the molecule is C/C(N=O)=C1/C(=O)C2=C(O)[C@]3(O)C(=O)[C@H](C(N)=O)[C@@](C)(O)[C@@H](N)C3C[C@@H]2C/C1=C/CN(C)C. The molecular formula is C22H30N4O7. The number of hydrogen-bond acceptors (Lipinski definition) is 10. The third-order valence-corrected chi connectivity index (χ3v) is 7.18. The Morgan fingerprint density at radius 3 is 2.42 bits per heavy atom. The molecule has 2 saturated carbocycles. The van der Waals surface area contributed by atoms with Crippen LogP contribution in [-0.4, -0.2) is 75.6 Å². The lowest BCUT2D eigenvalue weighted by atomic mass is 9.53. The summed E-state index contributed by atoms with van der Waals surface area (Å²) >= 11 is 0. The molecule has 3 aliphatic rings. The Balaban J connectivity index is 2.23. The lowest BCUT2D eigenvalue weighted by Gasteiger charge is -2.54. The van der Waals surface area contributed by atoms with E-state index in [1.807, 2.05) is 19.0 Å². The molecule has 0 aromatic rings. The van der Waals surface area contributed by atoms with Crippen molar-refractivity contribution < 1.29 is 29.7 Å². The highest BCUT2D eigenvalue weighted by atomic mass is 16.4. The highest BCUT2D eigenvalue weighted by Gasteiger charge is 2.68. The number of nitrogens with zero attached hydrogens (tertiary/aromatic N) is 2. The van der Waals surface area contributed by atoms with E-state index in [-0.39, 0.29) is 29.7 Å². The van der Waals surface area contributed by atoms with Gasteiger partial charge in [-0.05, 0) is 57.5 Å². The summed E-state index contributed by atoms with van der Waals surface area (Å²) in [5.74, 6) is -7.78. The molecule has 0 aliphatic heterocycles. The number of likely N-dealkylation sites (N-methyl/N-ethyl adjacent to an activating group) is 1. The number of aliphatic hydroxyl groups excluding tert-OH is 1. The van der Waals surface area contributed by atoms with Gasteiger partial charge in [0.1, 0.15) is 11.7 Å². The number of primary amides is 1. The first kappa shape index (κ1) is 24.9. The molecule has 0 spiro atoms. The zero-order chi connectivity index (χ0) is 25.0. The maximum atomic E-state index is 13.4. The molecule has 11 nitrogen and oxygen atoms in total. The second-order valence-electron chi connectivity index (χ2n) is 9.60. The number of ketones is 2. The molecule has 6 atom stereocenters. The highest BCUT2D eigenvalue weighted by Crippen LogP contribution is 2.53. The van der Waals surface area contributed by atoms with Crippen LogP contribution < -0.4 is 11.5 Å². The van der Waals surface area contributed by atoms with Gasteiger partial charge in [0, 0.05) is 24.1 Å². The van der Waals surface area contributed by atoms with Crippen molar-refractivity contribution in [3.05, 3.63) is 39.2 Å². The Kier molecular flexibility index (Phi) is 6.22. The van der Waals surface area contributed by atoms with E-state index in [0.717, 1.165) is 0 Å². The summed E-state index contributed by atoms with van der Waals surface area (Å²) in [7, 11) is 3.66. The number of carbonyl (C=O) groups is 3. The quantitative estimate of drug-likeness (QED) is 0.206. The number of amides is 1. The van der Waals surface area contributed by atoms with E-state index >= 15 is 0 Å². The molecule has 3 aliphatic carbocycles. The van der Waals surface area contributed by atoms with E-state index in [4.69, 9.17) is 11.5 Å². The Hall–Kier alpha value is -2.73. The van der Waals surface area contributed by atoms with Crippen LogP contribution in [-0.2, 0) is 14.4 Å². The highest BCUT2D eigenvalue weighted by molar-refractivity contribution is 6.15. The maximum absolute atomic E-state index is 13.4. The van der Waals surface area contributed by atoms with Crippen LogP contribution in [0.3, 0.4) is 0 Å². The molecule has 0 saturated heterocycles. The van der Waals surface area contributed by atoms with E-state index in [1.54, 1.807) is 6.08 Å². The summed E-state index contributed by atoms with van der Waals surface area (Å²) in [5.41, 5.74) is 7.02. The van der Waals surface area contributed by atoms with Crippen molar-refractivity contribution in [3.63, 3.8) is 0 Å². The van der Waals surface area contributed by atoms with Crippen LogP contribution in [0.5, 0.6) is 0 Å². The van der Waals surface area contributed by atoms with Gasteiger partial charge in [-0.3, -0.25) is 14.4 Å². The standard InChI is InChI=1S/C22H30N4O7/c1-9(25-33)13-10(5-6-26(3)4)7-11-8-12-17(23)21(2,31)15(20(24)30)19(29)22(12,32)18(28)14(11)16(13)27/h5,11-12,15,17,28,31-32H,6-8,23H2,1-4H3,(H2,24,30)/b10-5-,13-9-/t11-,12?,15+,17-,21+,22-/m0/s1. The van der Waals surface area contributed by atoms with Crippen LogP contribution in [0, 0.1) is 22.7 Å². The predicted octanol–water partition coefficient (Wildman–Crippen LogP) is -0.571. The number of Topliss-reactive ketones (excluding diaryl/α,β-unsaturated/α-hetero) is 2. The molecular weight excluding hydrogens is 432 g/mol. The van der Waals surface area contributed by atoms with Gasteiger partial charge in [0.2, 0.25) is 5.91 Å². The second-order valence-corrected chi connectivity index (χ2v) is 9.60. The lowest BCUT2D eigenvalue weighted by molar-refractivity contribution is -0.184. The maximum Gasteiger partial charge on any atom is 0.231 e. The topological polar surface area (TPSA) is 197 Å². The molecule has 1 unspecified atom stereocenters. The molecule has 7 N–H and O–H groups in total. The minimum absolute atomic E-state index is 0.00213. The van der Waals surface area contributed by atoms with Crippen LogP contribution in [0.1, 0.15) is 26.7 Å². The largest absolute Gasteiger partial charge is 0.508 e. The average molecular weight is 463 g/mol. The minimum Gasteiger partial charge on any atom is -0.508 e. The van der Waals surface area contributed by atoms with E-state index in [9.17, 15) is 34.6 Å². The van der Waals surface area contributed by atoms with Gasteiger partial charge < -0.3 is 31.7 Å². The third-order valence-electron chi connectivity index (χ3n) is 7.18. The van der Waals surface area contributed by atoms with Crippen molar-refractivity contribution in [1.29, 1.82) is 0 Å². The third kappa shape index (κ3) is 3.55. The molecule has 33 heavy (non-hydrogen) atoms. The van der Waals surface area contributed by atoms with Crippen LogP contribution >= 0.6 is 0 Å². The summed E-state index contributed by atoms with van der Waals surface area (Å²) < 4.78 is 0. The number of allylic oxidation sites excluding steroid dienone is 4. The Bertz CT molecular complexity index is 1030. The van der Waals surface area contributed by atoms with Crippen molar-refractivity contribution in [1.82, 2.24) is 4.90 Å². The Morgan fingerprint density at radius 2 is 1.91 bits per heavy atom. The number of carbonyl (C=O) groups excluding carboxylic acids is 3. The van der Waals surface area contributed by atoms with Gasteiger partial charge in [-0.1, -0.05) is 6.08 Å². The molecule has 2 fully saturated rings. The molecule has 1 amide bonds. The first-order valence-corrected chi connectivity index (χ1v) is 10.6. The second kappa shape index (κ2) is 8.24. The van der Waals surface area contributed by atoms with Crippen LogP contribution in [0.2, 0.25) is 0 Å². The van der Waals surface area contributed by atoms with Crippen LogP contribution in [0.25, 0.3) is 0 Å². The van der Waals surface area contributed by atoms with E-state index < -0.39 is 58.2 Å². The molecule has 0 aromatic carbocycles. The predicted molar refractivity (Wildman–Crippen MR) is 117 cm³/mol. The van der Waals surface area contributed by atoms with E-state index in [1.165, 1.54) is 13.8 Å². The van der Waals surface area contributed by atoms with E-state index in [0.29, 0.717) is 12.1 Å². The van der Waals surface area contributed by atoms with Crippen molar-refractivity contribution >= 4 is 17.5 Å². The fraction of sp³-hybridized carbons (Fsp3) is 0.591. The van der Waals surface area contributed by atoms with Crippen molar-refractivity contribution in [2.24, 2.45) is 34.4 Å². The lowest BCUT2D eigenvalue weighted by Crippen LogP contribution is -2.74. The first-order valence-electron chi connectivity index (χ1n) is 10.6. The van der Waals surface area contributed by atoms with Gasteiger partial charge >= 0.3 is 0 Å². The van der Waals surface area contributed by atoms with Gasteiger partial charge in [0.05, 0.1) is 16.9 Å². The molecule has 180 valence electrons. The Morgan fingerprint density at radius 1 is 1.30 bits per heavy atom. The summed E-state index contributed by atoms with van der Waals surface area (Å²) in [5, 5.41) is 36.3. The summed E-state index contributed by atoms with van der Waals surface area (Å²) in [6, 6.07) is -1.30. The first-order chi connectivity index (χ1) is 15.2. The number of aliphatic hydroxyl groups is 3. The zero-order valence-corrected chi connectivity index (χ0v) is 19.0. The Labute approximate surface area is 190 Å². The van der Waals surface area contributed by atoms with E-state index in [2.05, 4.69) is 5.18 Å². The van der Waals surface area contributed by atoms with Gasteiger partial charge in [0.15, 0.2) is 17.2 Å². The molecule has 0 aromatic heterocycles. The zero-order valence-electron chi connectivity index (χ0n) is 19.0. The van der Waals surface area contributed by atoms with Gasteiger partial charge in [-0.2, -0.15) is 0 Å². The number of nitrogens with two attached hydrogens (primary N) is 2. The van der Waals surface area contributed by atoms with Crippen LogP contribution in [0.15, 0.2) is 39.4 Å². The van der Waals surface area contributed by atoms with Gasteiger partial charge in [-0.15, -0.1) is 4.91 Å². The van der Waals surface area contributed by atoms with Gasteiger partial charge in [-0.25, -0.2) is 0 Å². The monoisotopic (exact) mass is 462 g/mol. The molecule has 0 heterocycles. The normalized spacial score (nSPS) is 39.5. The number of fused-ring (bicyclic) bond motifs is 2. The number of rotatable bonds is 4. The fourth-order valence-electron chi connectivity index (χ4n) is 5.42. The molecule has 3 rings (SSSR count). The number of hydrogen-bond donors (Lipinski definition) is 5. The molecule has 11 heteroatoms. The molecule has 0 radical (unpaired) electrons. The van der Waals surface area contributed by atoms with Crippen LogP contribution in [0.4, 0.5) is 0 Å². The molecule has 0 bridgehead atoms. The average Bonchev–Trinajstić information content (AvgIpc) is 2.72. The van der Waals surface area contributed by atoms with Crippen molar-refractivity contribution in [2.45, 2.75) is 43.9 Å². The summed E-state index contributed by atoms with van der Waals surface area (Å²) in [6.45, 7) is 3.02. The minimum atomic E-state index is -2.68. The van der Waals surface area contributed by atoms with Crippen molar-refractivity contribution in [2.75, 3.05) is 20.6 Å². The fourth-order valence-corrected chi connectivity index (χ4v) is 5.42. The summed E-state index contributed by atoms with van der Waals surface area (Å²) in [4.78, 5) is 51.8. The summed E-state index contributed by atoms with van der Waals surface area (Å²) in [6.07, 6.45) is 1.98. The van der Waals surface area contributed by atoms with Gasteiger partial charge in [0.25, 0.3) is 0 Å².